The second-order valence-corrected chi connectivity index (χ2v) is 11.4. The van der Waals surface area contributed by atoms with E-state index in [-0.39, 0.29) is 40.8 Å². The molecule has 4 nitrogen and oxygen atoms in total. The molecule has 0 spiro atoms. The fraction of sp³-hybridized carbons (Fsp3) is 1.00. The van der Waals surface area contributed by atoms with Gasteiger partial charge in [-0.2, -0.15) is 0 Å². The molecule has 4 fully saturated rings. The summed E-state index contributed by atoms with van der Waals surface area (Å²) in [6.07, 6.45) is 5.27. The first-order valence-corrected chi connectivity index (χ1v) is 11.9. The van der Waals surface area contributed by atoms with E-state index in [1.54, 1.807) is 0 Å². The molecular weight excluding hydrogens is 352 g/mol. The van der Waals surface area contributed by atoms with Gasteiger partial charge in [-0.05, 0) is 84.9 Å². The first kappa shape index (κ1) is 21.1. The van der Waals surface area contributed by atoms with Crippen LogP contribution in [0.2, 0.25) is 0 Å². The lowest BCUT2D eigenvalue weighted by Gasteiger charge is -2.64. The van der Waals surface area contributed by atoms with Crippen molar-refractivity contribution in [3.63, 3.8) is 0 Å². The van der Waals surface area contributed by atoms with Crippen LogP contribution in [0.3, 0.4) is 0 Å². The van der Waals surface area contributed by atoms with Crippen LogP contribution in [0.25, 0.3) is 0 Å². The summed E-state index contributed by atoms with van der Waals surface area (Å²) in [5.74, 6) is 2.19. The minimum absolute atomic E-state index is 0.0992. The van der Waals surface area contributed by atoms with Gasteiger partial charge in [0.05, 0.1) is 24.4 Å². The molecule has 4 heteroatoms. The van der Waals surface area contributed by atoms with Gasteiger partial charge in [-0.15, -0.1) is 0 Å². The average Bonchev–Trinajstić information content (AvgIpc) is 2.98. The Morgan fingerprint density at radius 1 is 0.893 bits per heavy atom. The summed E-state index contributed by atoms with van der Waals surface area (Å²) in [7, 11) is 0. The van der Waals surface area contributed by atoms with Gasteiger partial charge < -0.3 is 20.4 Å². The number of fused-ring (bicyclic) bond motifs is 5. The highest BCUT2D eigenvalue weighted by Crippen LogP contribution is 2.68. The highest BCUT2D eigenvalue weighted by Gasteiger charge is 2.66. The second-order valence-electron chi connectivity index (χ2n) is 11.4. The zero-order chi connectivity index (χ0) is 20.4. The summed E-state index contributed by atoms with van der Waals surface area (Å²) >= 11 is 0. The maximum absolute atomic E-state index is 11.5. The SMILES string of the molecule is CCC[C@@H](C)C1CCC2C3C(C[C@H](O)[C@@]21C)[C@@]1(C)C[C@@H](O)[C@@H](O)CC1C[C@H]3O. The Kier molecular flexibility index (Phi) is 5.43. The smallest absolute Gasteiger partial charge is 0.0804 e. The molecule has 12 atom stereocenters. The second kappa shape index (κ2) is 7.21. The van der Waals surface area contributed by atoms with Crippen LogP contribution in [-0.4, -0.2) is 44.8 Å². The van der Waals surface area contributed by atoms with E-state index in [1.165, 1.54) is 12.8 Å². The van der Waals surface area contributed by atoms with Gasteiger partial charge in [0.25, 0.3) is 0 Å². The summed E-state index contributed by atoms with van der Waals surface area (Å²) in [4.78, 5) is 0. The van der Waals surface area contributed by atoms with Gasteiger partial charge in [-0.3, -0.25) is 0 Å². The van der Waals surface area contributed by atoms with Crippen LogP contribution in [-0.2, 0) is 0 Å². The Hall–Kier alpha value is -0.160. The quantitative estimate of drug-likeness (QED) is 0.592. The molecular formula is C24H42O4. The predicted molar refractivity (Wildman–Crippen MR) is 109 cm³/mol. The van der Waals surface area contributed by atoms with Crippen molar-refractivity contribution in [2.75, 3.05) is 0 Å². The molecule has 4 rings (SSSR count). The van der Waals surface area contributed by atoms with Gasteiger partial charge in [0, 0.05) is 0 Å². The zero-order valence-electron chi connectivity index (χ0n) is 18.2. The fourth-order valence-electron chi connectivity index (χ4n) is 8.83. The third-order valence-electron chi connectivity index (χ3n) is 10.3. The van der Waals surface area contributed by atoms with Crippen molar-refractivity contribution in [2.45, 2.75) is 103 Å². The van der Waals surface area contributed by atoms with Crippen LogP contribution in [0.15, 0.2) is 0 Å². The summed E-state index contributed by atoms with van der Waals surface area (Å²) in [5, 5.41) is 43.4. The van der Waals surface area contributed by atoms with Crippen LogP contribution >= 0.6 is 0 Å². The molecule has 0 saturated heterocycles. The van der Waals surface area contributed by atoms with Crippen molar-refractivity contribution in [3.05, 3.63) is 0 Å². The first-order chi connectivity index (χ1) is 13.1. The molecule has 28 heavy (non-hydrogen) atoms. The molecule has 0 aliphatic heterocycles. The van der Waals surface area contributed by atoms with Crippen molar-refractivity contribution in [1.82, 2.24) is 0 Å². The number of aliphatic hydroxyl groups is 4. The number of hydrogen-bond acceptors (Lipinski definition) is 4. The van der Waals surface area contributed by atoms with Crippen molar-refractivity contribution >= 4 is 0 Å². The molecule has 4 N–H and O–H groups in total. The summed E-state index contributed by atoms with van der Waals surface area (Å²) < 4.78 is 0. The predicted octanol–water partition coefficient (Wildman–Crippen LogP) is 3.35. The van der Waals surface area contributed by atoms with Crippen LogP contribution in [0.1, 0.15) is 79.1 Å². The third kappa shape index (κ3) is 2.85. The molecule has 0 bridgehead atoms. The van der Waals surface area contributed by atoms with E-state index in [0.717, 1.165) is 25.7 Å². The van der Waals surface area contributed by atoms with Crippen LogP contribution in [0.4, 0.5) is 0 Å². The van der Waals surface area contributed by atoms with Crippen molar-refractivity contribution < 1.29 is 20.4 Å². The lowest BCUT2D eigenvalue weighted by atomic mass is 9.43. The van der Waals surface area contributed by atoms with Gasteiger partial charge in [0.1, 0.15) is 0 Å². The number of rotatable bonds is 3. The highest BCUT2D eigenvalue weighted by molar-refractivity contribution is 5.15. The average molecular weight is 395 g/mol. The van der Waals surface area contributed by atoms with E-state index in [1.807, 2.05) is 0 Å². The summed E-state index contributed by atoms with van der Waals surface area (Å²) in [5.41, 5.74) is -0.204. The molecule has 4 aliphatic carbocycles. The Morgan fingerprint density at radius 2 is 1.57 bits per heavy atom. The highest BCUT2D eigenvalue weighted by atomic mass is 16.3. The molecule has 0 heterocycles. The molecule has 0 aromatic carbocycles. The van der Waals surface area contributed by atoms with Crippen molar-refractivity contribution in [3.8, 4) is 0 Å². The topological polar surface area (TPSA) is 80.9 Å². The molecule has 5 unspecified atom stereocenters. The maximum atomic E-state index is 11.5. The molecule has 0 aromatic heterocycles. The third-order valence-corrected chi connectivity index (χ3v) is 10.3. The van der Waals surface area contributed by atoms with Gasteiger partial charge in [0.15, 0.2) is 0 Å². The van der Waals surface area contributed by atoms with E-state index >= 15 is 0 Å². The minimum Gasteiger partial charge on any atom is -0.393 e. The van der Waals surface area contributed by atoms with Gasteiger partial charge in [-0.1, -0.05) is 40.5 Å². The van der Waals surface area contributed by atoms with Gasteiger partial charge in [-0.25, -0.2) is 0 Å². The molecule has 0 aromatic rings. The standard InChI is InChI=1S/C24H42O4/c1-5-6-13(2)15-7-8-16-22-17(11-21(28)24(15,16)4)23(3)12-20(27)18(25)9-14(23)10-19(22)26/h13-22,25-28H,5-12H2,1-4H3/t13-,14?,15?,16?,17?,18+,19-,20-,21+,22?,23+,24-/m1/s1. The zero-order valence-corrected chi connectivity index (χ0v) is 18.2. The molecule has 0 amide bonds. The molecule has 162 valence electrons. The lowest BCUT2D eigenvalue weighted by Crippen LogP contribution is -2.63. The van der Waals surface area contributed by atoms with Crippen molar-refractivity contribution in [2.24, 2.45) is 46.3 Å². The molecule has 4 saturated carbocycles. The summed E-state index contributed by atoms with van der Waals surface area (Å²) in [6.45, 7) is 9.17. The Labute approximate surface area is 170 Å². The summed E-state index contributed by atoms with van der Waals surface area (Å²) in [6, 6.07) is 0. The van der Waals surface area contributed by atoms with Gasteiger partial charge in [0.2, 0.25) is 0 Å². The minimum atomic E-state index is -0.677. The largest absolute Gasteiger partial charge is 0.393 e. The van der Waals surface area contributed by atoms with E-state index in [0.29, 0.717) is 30.6 Å². The van der Waals surface area contributed by atoms with E-state index in [9.17, 15) is 20.4 Å². The lowest BCUT2D eigenvalue weighted by molar-refractivity contribution is -0.219. The van der Waals surface area contributed by atoms with E-state index in [2.05, 4.69) is 27.7 Å². The monoisotopic (exact) mass is 394 g/mol. The molecule has 0 radical (unpaired) electrons. The van der Waals surface area contributed by atoms with Crippen LogP contribution < -0.4 is 0 Å². The van der Waals surface area contributed by atoms with E-state index < -0.39 is 12.2 Å². The maximum Gasteiger partial charge on any atom is 0.0804 e. The fourth-order valence-corrected chi connectivity index (χ4v) is 8.83. The normalized spacial score (nSPS) is 57.2. The Morgan fingerprint density at radius 3 is 2.25 bits per heavy atom. The molecule has 4 aliphatic rings. The van der Waals surface area contributed by atoms with Crippen LogP contribution in [0, 0.1) is 46.3 Å². The number of aliphatic hydroxyl groups excluding tert-OH is 4. The van der Waals surface area contributed by atoms with Crippen molar-refractivity contribution in [1.29, 1.82) is 0 Å². The number of hydrogen-bond donors (Lipinski definition) is 4. The van der Waals surface area contributed by atoms with Gasteiger partial charge >= 0.3 is 0 Å². The Balaban J connectivity index is 1.67. The first-order valence-electron chi connectivity index (χ1n) is 11.9. The van der Waals surface area contributed by atoms with E-state index in [4.69, 9.17) is 0 Å². The van der Waals surface area contributed by atoms with Crippen LogP contribution in [0.5, 0.6) is 0 Å². The Bertz CT molecular complexity index is 581.